The maximum Gasteiger partial charge on any atom is 0.0308 e. The van der Waals surface area contributed by atoms with Gasteiger partial charge in [-0.25, -0.2) is 0 Å². The summed E-state index contributed by atoms with van der Waals surface area (Å²) < 4.78 is 1.35. The largest absolute Gasteiger partial charge is 0.324 e. The number of halogens is 1. The normalized spacial score (nSPS) is 18.2. The third-order valence-corrected chi connectivity index (χ3v) is 4.38. The lowest BCUT2D eigenvalue weighted by molar-refractivity contribution is 0.594. The predicted molar refractivity (Wildman–Crippen MR) is 68.2 cm³/mol. The Morgan fingerprint density at radius 3 is 2.86 bits per heavy atom. The van der Waals surface area contributed by atoms with Crippen LogP contribution in [0.5, 0.6) is 0 Å². The summed E-state index contributed by atoms with van der Waals surface area (Å²) >= 11 is 2.41. The molecule has 0 bridgehead atoms. The van der Waals surface area contributed by atoms with E-state index in [1.165, 1.54) is 34.0 Å². The van der Waals surface area contributed by atoms with Gasteiger partial charge in [-0.3, -0.25) is 0 Å². The zero-order chi connectivity index (χ0) is 10.1. The van der Waals surface area contributed by atoms with Gasteiger partial charge in [0.05, 0.1) is 0 Å². The first-order chi connectivity index (χ1) is 6.68. The average Bonchev–Trinajstić information content (AvgIpc) is 2.93. The highest BCUT2D eigenvalue weighted by molar-refractivity contribution is 14.1. The molecule has 1 unspecified atom stereocenters. The topological polar surface area (TPSA) is 26.0 Å². The van der Waals surface area contributed by atoms with Crippen LogP contribution in [0, 0.1) is 16.4 Å². The van der Waals surface area contributed by atoms with E-state index in [9.17, 15) is 0 Å². The fraction of sp³-hybridized carbons (Fsp3) is 0.500. The van der Waals surface area contributed by atoms with Crippen LogP contribution in [0.2, 0.25) is 0 Å². The molecule has 1 nitrogen and oxygen atoms in total. The van der Waals surface area contributed by atoms with Gasteiger partial charge in [0.1, 0.15) is 0 Å². The van der Waals surface area contributed by atoms with Crippen molar-refractivity contribution in [2.75, 3.05) is 0 Å². The van der Waals surface area contributed by atoms with E-state index in [2.05, 4.69) is 47.7 Å². The van der Waals surface area contributed by atoms with Gasteiger partial charge in [0.2, 0.25) is 0 Å². The monoisotopic (exact) mass is 301 g/mol. The summed E-state index contributed by atoms with van der Waals surface area (Å²) in [6, 6.07) is 6.67. The van der Waals surface area contributed by atoms with Gasteiger partial charge in [-0.05, 0) is 53.0 Å². The van der Waals surface area contributed by atoms with Crippen molar-refractivity contribution in [2.24, 2.45) is 11.7 Å². The molecule has 0 saturated heterocycles. The van der Waals surface area contributed by atoms with E-state index in [1.54, 1.807) is 0 Å². The minimum absolute atomic E-state index is 0.245. The van der Waals surface area contributed by atoms with Gasteiger partial charge in [-0.15, -0.1) is 0 Å². The molecule has 0 radical (unpaired) electrons. The van der Waals surface area contributed by atoms with E-state index < -0.39 is 0 Å². The Labute approximate surface area is 99.2 Å². The molecule has 1 aliphatic carbocycles. The van der Waals surface area contributed by atoms with Crippen molar-refractivity contribution in [1.82, 2.24) is 0 Å². The smallest absolute Gasteiger partial charge is 0.0308 e. The molecule has 2 rings (SSSR count). The van der Waals surface area contributed by atoms with Crippen LogP contribution in [-0.2, 0) is 0 Å². The summed E-state index contributed by atoms with van der Waals surface area (Å²) in [5.41, 5.74) is 8.87. The van der Waals surface area contributed by atoms with Gasteiger partial charge in [0, 0.05) is 9.61 Å². The minimum Gasteiger partial charge on any atom is -0.324 e. The fourth-order valence-electron chi connectivity index (χ4n) is 1.80. The molecule has 0 amide bonds. The first-order valence-electron chi connectivity index (χ1n) is 5.19. The molecule has 76 valence electrons. The molecule has 2 heteroatoms. The third kappa shape index (κ3) is 2.28. The van der Waals surface area contributed by atoms with Crippen molar-refractivity contribution in [3.63, 3.8) is 0 Å². The molecular weight excluding hydrogens is 285 g/mol. The molecular formula is C12H16IN. The van der Waals surface area contributed by atoms with Crippen molar-refractivity contribution in [3.8, 4) is 0 Å². The maximum atomic E-state index is 6.20. The summed E-state index contributed by atoms with van der Waals surface area (Å²) in [5, 5.41) is 0. The molecule has 1 saturated carbocycles. The van der Waals surface area contributed by atoms with Crippen LogP contribution >= 0.6 is 22.6 Å². The molecule has 0 aromatic heterocycles. The molecule has 1 aliphatic rings. The average molecular weight is 301 g/mol. The van der Waals surface area contributed by atoms with Crippen LogP contribution in [-0.4, -0.2) is 0 Å². The lowest BCUT2D eigenvalue weighted by Gasteiger charge is -2.14. The van der Waals surface area contributed by atoms with E-state index >= 15 is 0 Å². The highest BCUT2D eigenvalue weighted by Gasteiger charge is 2.25. The van der Waals surface area contributed by atoms with E-state index in [4.69, 9.17) is 5.73 Å². The van der Waals surface area contributed by atoms with Crippen molar-refractivity contribution >= 4 is 22.6 Å². The van der Waals surface area contributed by atoms with Crippen LogP contribution in [0.25, 0.3) is 0 Å². The quantitative estimate of drug-likeness (QED) is 0.851. The van der Waals surface area contributed by atoms with Gasteiger partial charge in [0.15, 0.2) is 0 Å². The van der Waals surface area contributed by atoms with E-state index in [1.807, 2.05) is 0 Å². The van der Waals surface area contributed by atoms with Crippen molar-refractivity contribution in [1.29, 1.82) is 0 Å². The van der Waals surface area contributed by atoms with Gasteiger partial charge >= 0.3 is 0 Å². The van der Waals surface area contributed by atoms with Gasteiger partial charge in [0.25, 0.3) is 0 Å². The van der Waals surface area contributed by atoms with Gasteiger partial charge in [-0.2, -0.15) is 0 Å². The Kier molecular flexibility index (Phi) is 3.12. The van der Waals surface area contributed by atoms with Crippen LogP contribution in [0.15, 0.2) is 18.2 Å². The molecule has 1 aromatic carbocycles. The van der Waals surface area contributed by atoms with E-state index in [0.29, 0.717) is 0 Å². The second kappa shape index (κ2) is 4.19. The summed E-state index contributed by atoms with van der Waals surface area (Å²) in [6.45, 7) is 2.15. The molecule has 0 spiro atoms. The summed E-state index contributed by atoms with van der Waals surface area (Å²) in [7, 11) is 0. The lowest BCUT2D eigenvalue weighted by Crippen LogP contribution is -2.13. The third-order valence-electron chi connectivity index (χ3n) is 2.91. The number of benzene rings is 1. The van der Waals surface area contributed by atoms with E-state index in [0.717, 1.165) is 5.92 Å². The number of rotatable bonds is 3. The molecule has 0 heterocycles. The first-order valence-corrected chi connectivity index (χ1v) is 6.27. The van der Waals surface area contributed by atoms with Crippen molar-refractivity contribution < 1.29 is 0 Å². The van der Waals surface area contributed by atoms with Crippen LogP contribution < -0.4 is 5.73 Å². The molecule has 1 atom stereocenters. The molecule has 1 fully saturated rings. The number of nitrogens with two attached hydrogens (primary N) is 1. The minimum atomic E-state index is 0.245. The Morgan fingerprint density at radius 2 is 2.21 bits per heavy atom. The SMILES string of the molecule is Cc1cccc(C(N)CC2CC2)c1I. The summed E-state index contributed by atoms with van der Waals surface area (Å²) in [6.07, 6.45) is 3.94. The summed E-state index contributed by atoms with van der Waals surface area (Å²) in [5.74, 6) is 0.904. The van der Waals surface area contributed by atoms with E-state index in [-0.39, 0.29) is 6.04 Å². The number of hydrogen-bond acceptors (Lipinski definition) is 1. The standard InChI is InChI=1S/C12H16IN/c1-8-3-2-4-10(12(8)13)11(14)7-9-5-6-9/h2-4,9,11H,5-7,14H2,1H3. The molecule has 2 N–H and O–H groups in total. The van der Waals surface area contributed by atoms with Crippen LogP contribution in [0.4, 0.5) is 0 Å². The highest BCUT2D eigenvalue weighted by atomic mass is 127. The van der Waals surface area contributed by atoms with Crippen molar-refractivity contribution in [3.05, 3.63) is 32.9 Å². The second-order valence-electron chi connectivity index (χ2n) is 4.26. The lowest BCUT2D eigenvalue weighted by atomic mass is 10.0. The van der Waals surface area contributed by atoms with Crippen LogP contribution in [0.1, 0.15) is 36.4 Å². The Morgan fingerprint density at radius 1 is 1.50 bits per heavy atom. The van der Waals surface area contributed by atoms with Crippen LogP contribution in [0.3, 0.4) is 0 Å². The molecule has 0 aliphatic heterocycles. The maximum absolute atomic E-state index is 6.20. The summed E-state index contributed by atoms with van der Waals surface area (Å²) in [4.78, 5) is 0. The van der Waals surface area contributed by atoms with Gasteiger partial charge < -0.3 is 5.73 Å². The Balaban J connectivity index is 2.16. The number of hydrogen-bond donors (Lipinski definition) is 1. The second-order valence-corrected chi connectivity index (χ2v) is 5.34. The molecule has 14 heavy (non-hydrogen) atoms. The Bertz CT molecular complexity index is 331. The first kappa shape index (κ1) is 10.4. The zero-order valence-electron chi connectivity index (χ0n) is 8.46. The number of aryl methyl sites for hydroxylation is 1. The zero-order valence-corrected chi connectivity index (χ0v) is 10.6. The Hall–Kier alpha value is -0.0900. The fourth-order valence-corrected chi connectivity index (χ4v) is 2.56. The van der Waals surface area contributed by atoms with Gasteiger partial charge in [-0.1, -0.05) is 31.0 Å². The molecule has 1 aromatic rings. The predicted octanol–water partition coefficient (Wildman–Crippen LogP) is 3.40. The van der Waals surface area contributed by atoms with Crippen molar-refractivity contribution in [2.45, 2.75) is 32.2 Å². The highest BCUT2D eigenvalue weighted by Crippen LogP contribution is 2.37.